The Balaban J connectivity index is 2.20. The number of hydrogen-bond donors (Lipinski definition) is 0. The summed E-state index contributed by atoms with van der Waals surface area (Å²) in [5.74, 6) is 1.07. The number of thiazole rings is 1. The summed E-state index contributed by atoms with van der Waals surface area (Å²) in [6, 6.07) is 7.76. The van der Waals surface area contributed by atoms with Crippen LogP contribution < -0.4 is 9.64 Å². The molecule has 0 amide bonds. The molecule has 6 heteroatoms. The fourth-order valence-electron chi connectivity index (χ4n) is 1.36. The summed E-state index contributed by atoms with van der Waals surface area (Å²) in [5.41, 5.74) is 1.06. The van der Waals surface area contributed by atoms with Crippen LogP contribution in [0.25, 0.3) is 0 Å². The number of ether oxygens (including phenoxy) is 1. The van der Waals surface area contributed by atoms with Gasteiger partial charge in [-0.25, -0.2) is 0 Å². The Kier molecular flexibility index (Phi) is 4.32. The molecule has 0 fully saturated rings. The van der Waals surface area contributed by atoms with E-state index in [-0.39, 0.29) is 0 Å². The molecule has 0 radical (unpaired) electrons. The second-order valence-electron chi connectivity index (χ2n) is 3.82. The molecule has 3 nitrogen and oxygen atoms in total. The number of halogens is 2. The molecule has 0 N–H and O–H groups in total. The van der Waals surface area contributed by atoms with Gasteiger partial charge < -0.3 is 9.64 Å². The molecule has 0 aliphatic heterocycles. The summed E-state index contributed by atoms with van der Waals surface area (Å²) >= 11 is 13.0. The van der Waals surface area contributed by atoms with E-state index in [1.54, 1.807) is 0 Å². The lowest BCUT2D eigenvalue weighted by molar-refractivity contribution is 0.479. The molecule has 2 aromatic rings. The van der Waals surface area contributed by atoms with Crippen molar-refractivity contribution in [2.45, 2.75) is 5.88 Å². The molecule has 0 saturated heterocycles. The van der Waals surface area contributed by atoms with E-state index in [0.717, 1.165) is 16.3 Å². The van der Waals surface area contributed by atoms with Crippen LogP contribution in [0.4, 0.5) is 5.69 Å². The quantitative estimate of drug-likeness (QED) is 0.783. The van der Waals surface area contributed by atoms with E-state index >= 15 is 0 Å². The van der Waals surface area contributed by atoms with Gasteiger partial charge in [0.15, 0.2) is 0 Å². The van der Waals surface area contributed by atoms with E-state index in [0.29, 0.717) is 16.2 Å². The summed E-state index contributed by atoms with van der Waals surface area (Å²) in [5, 5.41) is 0.917. The maximum absolute atomic E-state index is 5.92. The Morgan fingerprint density at radius 3 is 2.78 bits per heavy atom. The number of nitrogens with zero attached hydrogens (tertiary/aromatic N) is 2. The van der Waals surface area contributed by atoms with E-state index in [9.17, 15) is 0 Å². The van der Waals surface area contributed by atoms with Gasteiger partial charge in [0.05, 0.1) is 10.8 Å². The first-order chi connectivity index (χ1) is 8.60. The van der Waals surface area contributed by atoms with Gasteiger partial charge in [0, 0.05) is 25.8 Å². The number of alkyl halides is 1. The van der Waals surface area contributed by atoms with Crippen molar-refractivity contribution in [1.29, 1.82) is 0 Å². The zero-order valence-corrected chi connectivity index (χ0v) is 12.3. The number of hydrogen-bond acceptors (Lipinski definition) is 4. The average Bonchev–Trinajstić information content (AvgIpc) is 2.69. The van der Waals surface area contributed by atoms with Crippen molar-refractivity contribution in [2.75, 3.05) is 19.0 Å². The zero-order valence-electron chi connectivity index (χ0n) is 9.98. The summed E-state index contributed by atoms with van der Waals surface area (Å²) < 4.78 is 5.67. The van der Waals surface area contributed by atoms with Gasteiger partial charge in [-0.05, 0) is 12.1 Å². The minimum atomic E-state index is 0.345. The van der Waals surface area contributed by atoms with Crippen molar-refractivity contribution in [3.05, 3.63) is 34.3 Å². The molecular weight excluding hydrogens is 291 g/mol. The van der Waals surface area contributed by atoms with Crippen LogP contribution in [0.15, 0.2) is 24.3 Å². The van der Waals surface area contributed by atoms with Gasteiger partial charge in [0.25, 0.3) is 5.19 Å². The van der Waals surface area contributed by atoms with Gasteiger partial charge in [-0.2, -0.15) is 4.98 Å². The molecule has 18 heavy (non-hydrogen) atoms. The van der Waals surface area contributed by atoms with Crippen molar-refractivity contribution in [3.63, 3.8) is 0 Å². The van der Waals surface area contributed by atoms with Crippen LogP contribution >= 0.6 is 34.5 Å². The largest absolute Gasteiger partial charge is 0.431 e. The van der Waals surface area contributed by atoms with Crippen LogP contribution in [0.5, 0.6) is 10.9 Å². The van der Waals surface area contributed by atoms with Crippen molar-refractivity contribution < 1.29 is 4.74 Å². The number of anilines is 1. The molecule has 0 bridgehead atoms. The summed E-state index contributed by atoms with van der Waals surface area (Å²) in [6.07, 6.45) is 0. The molecule has 0 unspecified atom stereocenters. The van der Waals surface area contributed by atoms with E-state index in [4.69, 9.17) is 27.9 Å². The highest BCUT2D eigenvalue weighted by Crippen LogP contribution is 2.33. The number of rotatable bonds is 4. The van der Waals surface area contributed by atoms with Gasteiger partial charge in [-0.1, -0.05) is 29.0 Å². The van der Waals surface area contributed by atoms with Gasteiger partial charge >= 0.3 is 0 Å². The van der Waals surface area contributed by atoms with E-state index in [1.807, 2.05) is 43.3 Å². The minimum absolute atomic E-state index is 0.345. The van der Waals surface area contributed by atoms with Crippen molar-refractivity contribution in [2.24, 2.45) is 0 Å². The van der Waals surface area contributed by atoms with Crippen molar-refractivity contribution in [3.8, 4) is 10.9 Å². The normalized spacial score (nSPS) is 10.4. The van der Waals surface area contributed by atoms with Crippen LogP contribution in [-0.2, 0) is 5.88 Å². The van der Waals surface area contributed by atoms with Crippen LogP contribution in [0.2, 0.25) is 5.15 Å². The van der Waals surface area contributed by atoms with Crippen LogP contribution in [-0.4, -0.2) is 19.1 Å². The zero-order chi connectivity index (χ0) is 13.1. The highest BCUT2D eigenvalue weighted by molar-refractivity contribution is 7.14. The molecule has 0 atom stereocenters. The third kappa shape index (κ3) is 3.07. The summed E-state index contributed by atoms with van der Waals surface area (Å²) in [4.78, 5) is 6.94. The Hall–Kier alpha value is -0.970. The van der Waals surface area contributed by atoms with Crippen molar-refractivity contribution in [1.82, 2.24) is 4.98 Å². The first-order valence-corrected chi connectivity index (χ1v) is 6.99. The molecule has 0 saturated carbocycles. The Morgan fingerprint density at radius 1 is 1.39 bits per heavy atom. The average molecular weight is 303 g/mol. The standard InChI is InChI=1S/C12H12Cl2N2OS/c1-16(2)8-4-3-5-9(6-8)17-12-15-11(14)10(7-13)18-12/h3-6H,7H2,1-2H3. The van der Waals surface area contributed by atoms with E-state index in [1.165, 1.54) is 11.3 Å². The van der Waals surface area contributed by atoms with Crippen molar-refractivity contribution >= 4 is 40.2 Å². The summed E-state index contributed by atoms with van der Waals surface area (Å²) in [6.45, 7) is 0. The monoisotopic (exact) mass is 302 g/mol. The SMILES string of the molecule is CN(C)c1cccc(Oc2nc(Cl)c(CCl)s2)c1. The molecule has 2 rings (SSSR count). The molecule has 0 spiro atoms. The highest BCUT2D eigenvalue weighted by Gasteiger charge is 2.10. The van der Waals surface area contributed by atoms with E-state index < -0.39 is 0 Å². The lowest BCUT2D eigenvalue weighted by atomic mass is 10.3. The van der Waals surface area contributed by atoms with Crippen LogP contribution in [0, 0.1) is 0 Å². The number of benzene rings is 1. The number of aromatic nitrogens is 1. The van der Waals surface area contributed by atoms with Crippen LogP contribution in [0.3, 0.4) is 0 Å². The second kappa shape index (κ2) is 5.78. The fraction of sp³-hybridized carbons (Fsp3) is 0.250. The first kappa shape index (κ1) is 13.5. The fourth-order valence-corrected chi connectivity index (χ4v) is 2.70. The maximum Gasteiger partial charge on any atom is 0.280 e. The topological polar surface area (TPSA) is 25.4 Å². The second-order valence-corrected chi connectivity index (χ2v) is 5.49. The molecule has 1 heterocycles. The minimum Gasteiger partial charge on any atom is -0.431 e. The molecule has 1 aromatic carbocycles. The predicted octanol–water partition coefficient (Wildman–Crippen LogP) is 4.39. The van der Waals surface area contributed by atoms with Gasteiger partial charge in [0.1, 0.15) is 10.9 Å². The third-order valence-corrected chi connectivity index (χ3v) is 4.07. The first-order valence-electron chi connectivity index (χ1n) is 5.26. The maximum atomic E-state index is 5.92. The molecule has 96 valence electrons. The van der Waals surface area contributed by atoms with Gasteiger partial charge in [-0.15, -0.1) is 11.6 Å². The molecule has 1 aromatic heterocycles. The highest BCUT2D eigenvalue weighted by atomic mass is 35.5. The Morgan fingerprint density at radius 2 is 2.17 bits per heavy atom. The predicted molar refractivity (Wildman–Crippen MR) is 77.5 cm³/mol. The Bertz CT molecular complexity index is 543. The lowest BCUT2D eigenvalue weighted by Gasteiger charge is -2.13. The van der Waals surface area contributed by atoms with Gasteiger partial charge in [-0.3, -0.25) is 0 Å². The van der Waals surface area contributed by atoms with Gasteiger partial charge in [0.2, 0.25) is 0 Å². The van der Waals surface area contributed by atoms with E-state index in [2.05, 4.69) is 4.98 Å². The summed E-state index contributed by atoms with van der Waals surface area (Å²) in [7, 11) is 3.95. The smallest absolute Gasteiger partial charge is 0.280 e. The van der Waals surface area contributed by atoms with Crippen LogP contribution in [0.1, 0.15) is 4.88 Å². The molecular formula is C12H12Cl2N2OS. The molecule has 0 aliphatic rings. The molecule has 0 aliphatic carbocycles. The lowest BCUT2D eigenvalue weighted by Crippen LogP contribution is -2.08. The Labute approximate surface area is 120 Å². The third-order valence-electron chi connectivity index (χ3n) is 2.29.